The number of para-hydroxylation sites is 1. The zero-order chi connectivity index (χ0) is 22.6. The highest BCUT2D eigenvalue weighted by molar-refractivity contribution is 5.89. The van der Waals surface area contributed by atoms with E-state index in [0.29, 0.717) is 12.2 Å². The Kier molecular flexibility index (Phi) is 9.06. The van der Waals surface area contributed by atoms with E-state index >= 15 is 0 Å². The van der Waals surface area contributed by atoms with E-state index < -0.39 is 11.9 Å². The van der Waals surface area contributed by atoms with Gasteiger partial charge in [-0.05, 0) is 24.3 Å². The van der Waals surface area contributed by atoms with Crippen molar-refractivity contribution in [3.63, 3.8) is 0 Å². The number of carboxylic acids is 2. The lowest BCUT2D eigenvalue weighted by Crippen LogP contribution is -2.17. The lowest BCUT2D eigenvalue weighted by molar-refractivity contribution is -0.134. The number of rotatable bonds is 9. The number of H-pyrrole nitrogens is 1. The Bertz CT molecular complexity index is 1030. The van der Waals surface area contributed by atoms with E-state index in [1.165, 1.54) is 0 Å². The van der Waals surface area contributed by atoms with Crippen LogP contribution in [0.1, 0.15) is 11.3 Å². The van der Waals surface area contributed by atoms with Crippen LogP contribution < -0.4 is 14.8 Å². The number of aromatic nitrogens is 2. The Morgan fingerprint density at radius 2 is 1.77 bits per heavy atom. The number of aromatic amines is 1. The van der Waals surface area contributed by atoms with Crippen LogP contribution in [0.5, 0.6) is 11.5 Å². The van der Waals surface area contributed by atoms with Gasteiger partial charge in [0.1, 0.15) is 11.5 Å². The van der Waals surface area contributed by atoms with Crippen LogP contribution >= 0.6 is 0 Å². The van der Waals surface area contributed by atoms with E-state index in [-0.39, 0.29) is 0 Å². The Hall–Kier alpha value is -3.85. The molecule has 0 atom stereocenters. The molecule has 2 aromatic carbocycles. The Labute approximate surface area is 179 Å². The molecule has 0 spiro atoms. The van der Waals surface area contributed by atoms with Gasteiger partial charge in [-0.15, -0.1) is 0 Å². The van der Waals surface area contributed by atoms with Crippen molar-refractivity contribution in [2.45, 2.75) is 13.0 Å². The van der Waals surface area contributed by atoms with Crippen LogP contribution in [-0.4, -0.2) is 53.1 Å². The third kappa shape index (κ3) is 7.48. The van der Waals surface area contributed by atoms with Crippen LogP contribution in [0.2, 0.25) is 0 Å². The number of nitrogens with zero attached hydrogens (tertiary/aromatic N) is 1. The number of carboxylic acid groups (broad SMARTS) is 2. The van der Waals surface area contributed by atoms with Crippen LogP contribution in [-0.2, 0) is 22.6 Å². The third-order valence-electron chi connectivity index (χ3n) is 4.26. The molecule has 0 aliphatic rings. The minimum atomic E-state index is -1.26. The number of hydrogen-bond donors (Lipinski definition) is 4. The van der Waals surface area contributed by atoms with Gasteiger partial charge in [-0.1, -0.05) is 18.2 Å². The van der Waals surface area contributed by atoms with Gasteiger partial charge in [0.15, 0.2) is 0 Å². The second-order valence-corrected chi connectivity index (χ2v) is 6.33. The fraction of sp³-hybridized carbons (Fsp3) is 0.227. The molecule has 31 heavy (non-hydrogen) atoms. The molecule has 1 aromatic heterocycles. The highest BCUT2D eigenvalue weighted by Crippen LogP contribution is 2.22. The average Bonchev–Trinajstić information content (AvgIpc) is 3.18. The van der Waals surface area contributed by atoms with Crippen LogP contribution in [0.3, 0.4) is 0 Å². The first-order valence-electron chi connectivity index (χ1n) is 9.42. The number of carbonyl (C=O) groups is 2. The summed E-state index contributed by atoms with van der Waals surface area (Å²) in [4.78, 5) is 19.1. The van der Waals surface area contributed by atoms with Crippen molar-refractivity contribution >= 4 is 22.8 Å². The fourth-order valence-corrected chi connectivity index (χ4v) is 2.79. The normalized spacial score (nSPS) is 10.5. The van der Waals surface area contributed by atoms with Crippen molar-refractivity contribution in [2.75, 3.05) is 20.8 Å². The van der Waals surface area contributed by atoms with E-state index in [2.05, 4.69) is 21.6 Å². The zero-order valence-corrected chi connectivity index (χ0v) is 17.3. The van der Waals surface area contributed by atoms with Crippen molar-refractivity contribution < 1.29 is 29.3 Å². The third-order valence-corrected chi connectivity index (χ3v) is 4.26. The minimum Gasteiger partial charge on any atom is -0.497 e. The predicted octanol–water partition coefficient (Wildman–Crippen LogP) is 2.62. The maximum atomic E-state index is 9.55. The number of hydrogen-bond acceptors (Lipinski definition) is 6. The predicted molar refractivity (Wildman–Crippen MR) is 115 cm³/mol. The number of methoxy groups -OCH3 is 2. The van der Waals surface area contributed by atoms with Gasteiger partial charge in [0.05, 0.1) is 25.4 Å². The standard InChI is InChI=1S/C18H21N3O2.C4H4O4/c1-22-14-7-8-16-15(11-14)17(21-20-16)9-10-19-12-13-5-3-4-6-18(13)23-2;5-3(6)1-2-4(7)8/h3-8,11,19H,9-10,12H2,1-2H3,(H,20,21);1-2H,(H,5,6)(H,7,8)/b;2-1+. The molecule has 1 heterocycles. The summed E-state index contributed by atoms with van der Waals surface area (Å²) in [5, 5.41) is 27.6. The quantitative estimate of drug-likeness (QED) is 0.302. The summed E-state index contributed by atoms with van der Waals surface area (Å²) in [5.74, 6) is -0.753. The fourth-order valence-electron chi connectivity index (χ4n) is 2.79. The summed E-state index contributed by atoms with van der Waals surface area (Å²) in [5.41, 5.74) is 3.24. The Balaban J connectivity index is 0.000000366. The molecule has 3 aromatic rings. The smallest absolute Gasteiger partial charge is 0.328 e. The van der Waals surface area contributed by atoms with E-state index in [0.717, 1.165) is 53.2 Å². The lowest BCUT2D eigenvalue weighted by atomic mass is 10.1. The second-order valence-electron chi connectivity index (χ2n) is 6.33. The molecular formula is C22H25N3O6. The van der Waals surface area contributed by atoms with Crippen molar-refractivity contribution in [1.82, 2.24) is 15.5 Å². The molecule has 0 aliphatic carbocycles. The van der Waals surface area contributed by atoms with E-state index in [9.17, 15) is 9.59 Å². The van der Waals surface area contributed by atoms with Crippen LogP contribution in [0, 0.1) is 0 Å². The monoisotopic (exact) mass is 427 g/mol. The summed E-state index contributed by atoms with van der Waals surface area (Å²) >= 11 is 0. The van der Waals surface area contributed by atoms with Crippen LogP contribution in [0.25, 0.3) is 10.9 Å². The maximum Gasteiger partial charge on any atom is 0.328 e. The topological polar surface area (TPSA) is 134 Å². The lowest BCUT2D eigenvalue weighted by Gasteiger charge is -2.09. The second kappa shape index (κ2) is 12.0. The molecule has 0 fully saturated rings. The Morgan fingerprint density at radius 1 is 1.06 bits per heavy atom. The highest BCUT2D eigenvalue weighted by atomic mass is 16.5. The molecule has 0 unspecified atom stereocenters. The van der Waals surface area contributed by atoms with Crippen molar-refractivity contribution in [1.29, 1.82) is 0 Å². The van der Waals surface area contributed by atoms with Gasteiger partial charge in [0.25, 0.3) is 0 Å². The maximum absolute atomic E-state index is 9.55. The van der Waals surface area contributed by atoms with E-state index in [1.807, 2.05) is 36.4 Å². The molecular weight excluding hydrogens is 402 g/mol. The van der Waals surface area contributed by atoms with Gasteiger partial charge >= 0.3 is 11.9 Å². The van der Waals surface area contributed by atoms with Crippen LogP contribution in [0.4, 0.5) is 0 Å². The number of aliphatic carboxylic acids is 2. The number of fused-ring (bicyclic) bond motifs is 1. The number of ether oxygens (including phenoxy) is 2. The summed E-state index contributed by atoms with van der Waals surface area (Å²) in [6.45, 7) is 1.62. The van der Waals surface area contributed by atoms with Crippen molar-refractivity contribution in [3.8, 4) is 11.5 Å². The van der Waals surface area contributed by atoms with Gasteiger partial charge < -0.3 is 25.0 Å². The largest absolute Gasteiger partial charge is 0.497 e. The van der Waals surface area contributed by atoms with Crippen LogP contribution in [0.15, 0.2) is 54.6 Å². The first kappa shape index (κ1) is 23.4. The SMILES string of the molecule is COc1ccc2[nH]nc(CCNCc3ccccc3OC)c2c1.O=C(O)/C=C/C(=O)O. The summed E-state index contributed by atoms with van der Waals surface area (Å²) in [6.07, 6.45) is 1.97. The number of nitrogens with one attached hydrogen (secondary N) is 2. The van der Waals surface area contributed by atoms with E-state index in [1.54, 1.807) is 14.2 Å². The van der Waals surface area contributed by atoms with Gasteiger partial charge in [-0.3, -0.25) is 5.10 Å². The van der Waals surface area contributed by atoms with Gasteiger partial charge in [0.2, 0.25) is 0 Å². The molecule has 0 radical (unpaired) electrons. The molecule has 9 heteroatoms. The minimum absolute atomic E-state index is 0.558. The zero-order valence-electron chi connectivity index (χ0n) is 17.3. The van der Waals surface area contributed by atoms with Crippen molar-refractivity contribution in [2.24, 2.45) is 0 Å². The first-order valence-corrected chi connectivity index (χ1v) is 9.42. The van der Waals surface area contributed by atoms with Crippen molar-refractivity contribution in [3.05, 3.63) is 65.9 Å². The molecule has 164 valence electrons. The molecule has 9 nitrogen and oxygen atoms in total. The highest BCUT2D eigenvalue weighted by Gasteiger charge is 2.07. The first-order chi connectivity index (χ1) is 14.9. The number of benzene rings is 2. The molecule has 0 bridgehead atoms. The van der Waals surface area contributed by atoms with E-state index in [4.69, 9.17) is 19.7 Å². The molecule has 0 saturated carbocycles. The summed E-state index contributed by atoms with van der Waals surface area (Å²) in [7, 11) is 3.37. The summed E-state index contributed by atoms with van der Waals surface area (Å²) in [6, 6.07) is 14.0. The average molecular weight is 427 g/mol. The molecule has 3 rings (SSSR count). The van der Waals surface area contributed by atoms with Gasteiger partial charge in [-0.25, -0.2) is 9.59 Å². The molecule has 0 saturated heterocycles. The molecule has 4 N–H and O–H groups in total. The molecule has 0 aliphatic heterocycles. The molecule has 0 amide bonds. The Morgan fingerprint density at radius 3 is 2.42 bits per heavy atom. The summed E-state index contributed by atoms with van der Waals surface area (Å²) < 4.78 is 10.6. The van der Waals surface area contributed by atoms with Gasteiger partial charge in [0, 0.05) is 42.6 Å². The van der Waals surface area contributed by atoms with Gasteiger partial charge in [-0.2, -0.15) is 5.10 Å².